The lowest BCUT2D eigenvalue weighted by Crippen LogP contribution is -2.56. The number of hydrogen-bond donors (Lipinski definition) is 0. The molecule has 0 bridgehead atoms. The molecular weight excluding hydrogens is 248 g/mol. The van der Waals surface area contributed by atoms with Crippen LogP contribution in [0.25, 0.3) is 0 Å². The summed E-state index contributed by atoms with van der Waals surface area (Å²) in [6, 6.07) is 7.19. The van der Waals surface area contributed by atoms with Crippen LogP contribution >= 0.6 is 0 Å². The maximum absolute atomic E-state index is 10.7. The summed E-state index contributed by atoms with van der Waals surface area (Å²) in [5.41, 5.74) is 0.631. The van der Waals surface area contributed by atoms with Crippen molar-refractivity contribution >= 4 is 20.3 Å². The zero-order valence-corrected chi connectivity index (χ0v) is 12.1. The Hall–Kier alpha value is -1.01. The van der Waals surface area contributed by atoms with Crippen LogP contribution in [0.1, 0.15) is 31.1 Å². The van der Waals surface area contributed by atoms with Gasteiger partial charge in [-0.3, -0.25) is 4.79 Å². The van der Waals surface area contributed by atoms with Crippen LogP contribution in [-0.2, 0) is 13.3 Å². The first-order chi connectivity index (χ1) is 8.72. The van der Waals surface area contributed by atoms with Crippen LogP contribution in [0.4, 0.5) is 0 Å². The number of carbonyl (C=O) groups excluding carboxylic acids is 1. The second-order valence-electron chi connectivity index (χ2n) is 3.60. The normalized spacial score (nSPS) is 11.5. The Morgan fingerprint density at radius 3 is 1.72 bits per heavy atom. The fraction of sp³-hybridized carbons (Fsp3) is 0.462. The highest BCUT2D eigenvalue weighted by molar-refractivity contribution is 6.75. The highest BCUT2D eigenvalue weighted by Crippen LogP contribution is 2.11. The molecule has 18 heavy (non-hydrogen) atoms. The van der Waals surface area contributed by atoms with E-state index in [1.165, 1.54) is 0 Å². The SMILES string of the molecule is CCO[Si](OCC)(OCC)c1ccc(C=O)cc1. The van der Waals surface area contributed by atoms with Gasteiger partial charge < -0.3 is 13.3 Å². The molecule has 0 unspecified atom stereocenters. The van der Waals surface area contributed by atoms with Crippen molar-refractivity contribution in [3.05, 3.63) is 29.8 Å². The fourth-order valence-corrected chi connectivity index (χ4v) is 4.18. The van der Waals surface area contributed by atoms with Crippen LogP contribution in [0.2, 0.25) is 0 Å². The molecule has 0 radical (unpaired) electrons. The van der Waals surface area contributed by atoms with Crippen molar-refractivity contribution < 1.29 is 18.1 Å². The van der Waals surface area contributed by atoms with Crippen LogP contribution in [0, 0.1) is 0 Å². The predicted molar refractivity (Wildman–Crippen MR) is 72.1 cm³/mol. The second-order valence-corrected chi connectivity index (χ2v) is 6.15. The standard InChI is InChI=1S/C13H20O4Si/c1-4-15-18(16-5-2,17-6-3)13-9-7-12(11-14)8-10-13/h7-11H,4-6H2,1-3H3. The van der Waals surface area contributed by atoms with Crippen molar-refractivity contribution in [3.8, 4) is 0 Å². The summed E-state index contributed by atoms with van der Waals surface area (Å²) < 4.78 is 17.3. The van der Waals surface area contributed by atoms with E-state index in [0.717, 1.165) is 11.5 Å². The molecule has 0 amide bonds. The minimum Gasteiger partial charge on any atom is -0.370 e. The summed E-state index contributed by atoms with van der Waals surface area (Å²) in [7, 11) is -2.82. The number of benzene rings is 1. The summed E-state index contributed by atoms with van der Waals surface area (Å²) in [4.78, 5) is 10.7. The van der Waals surface area contributed by atoms with E-state index >= 15 is 0 Å². The first kappa shape index (κ1) is 15.0. The summed E-state index contributed by atoms with van der Waals surface area (Å²) in [6.07, 6.45) is 0.815. The summed E-state index contributed by atoms with van der Waals surface area (Å²) in [5, 5.41) is 0.888. The first-order valence-electron chi connectivity index (χ1n) is 6.20. The van der Waals surface area contributed by atoms with Gasteiger partial charge in [0.2, 0.25) is 0 Å². The molecule has 0 aliphatic heterocycles. The summed E-state index contributed by atoms with van der Waals surface area (Å²) in [5.74, 6) is 0. The summed E-state index contributed by atoms with van der Waals surface area (Å²) in [6.45, 7) is 7.34. The quantitative estimate of drug-likeness (QED) is 0.532. The molecule has 0 aromatic heterocycles. The fourth-order valence-electron chi connectivity index (χ4n) is 1.71. The van der Waals surface area contributed by atoms with Gasteiger partial charge in [0, 0.05) is 30.6 Å². The van der Waals surface area contributed by atoms with Crippen LogP contribution in [-0.4, -0.2) is 34.9 Å². The largest absolute Gasteiger partial charge is 0.537 e. The molecule has 5 heteroatoms. The number of carbonyl (C=O) groups is 1. The van der Waals surface area contributed by atoms with E-state index < -0.39 is 8.80 Å². The maximum atomic E-state index is 10.7. The average Bonchev–Trinajstić information content (AvgIpc) is 2.39. The Bertz CT molecular complexity index is 347. The molecule has 1 aromatic carbocycles. The topological polar surface area (TPSA) is 44.8 Å². The van der Waals surface area contributed by atoms with Crippen molar-refractivity contribution in [2.45, 2.75) is 20.8 Å². The van der Waals surface area contributed by atoms with Gasteiger partial charge in [-0.15, -0.1) is 0 Å². The number of aldehydes is 1. The van der Waals surface area contributed by atoms with Gasteiger partial charge in [0.05, 0.1) is 0 Å². The molecule has 0 heterocycles. The number of hydrogen-bond acceptors (Lipinski definition) is 4. The Morgan fingerprint density at radius 2 is 1.39 bits per heavy atom. The molecule has 1 aromatic rings. The van der Waals surface area contributed by atoms with Gasteiger partial charge >= 0.3 is 8.80 Å². The summed E-state index contributed by atoms with van der Waals surface area (Å²) >= 11 is 0. The lowest BCUT2D eigenvalue weighted by atomic mass is 10.2. The van der Waals surface area contributed by atoms with Gasteiger partial charge in [0.15, 0.2) is 0 Å². The maximum Gasteiger partial charge on any atom is 0.537 e. The Morgan fingerprint density at radius 1 is 0.944 bits per heavy atom. The van der Waals surface area contributed by atoms with E-state index in [1.54, 1.807) is 12.1 Å². The third-order valence-electron chi connectivity index (χ3n) is 2.40. The zero-order valence-electron chi connectivity index (χ0n) is 11.1. The van der Waals surface area contributed by atoms with Gasteiger partial charge in [-0.1, -0.05) is 24.3 Å². The van der Waals surface area contributed by atoms with E-state index in [-0.39, 0.29) is 0 Å². The van der Waals surface area contributed by atoms with Gasteiger partial charge in [-0.25, -0.2) is 0 Å². The van der Waals surface area contributed by atoms with Crippen molar-refractivity contribution in [1.82, 2.24) is 0 Å². The van der Waals surface area contributed by atoms with E-state index in [0.29, 0.717) is 25.4 Å². The molecule has 1 rings (SSSR count). The minimum absolute atomic E-state index is 0.529. The lowest BCUT2D eigenvalue weighted by Gasteiger charge is -2.28. The molecule has 0 aliphatic carbocycles. The molecule has 0 atom stereocenters. The van der Waals surface area contributed by atoms with E-state index in [4.69, 9.17) is 13.3 Å². The molecule has 0 N–H and O–H groups in total. The molecule has 100 valence electrons. The van der Waals surface area contributed by atoms with Crippen molar-refractivity contribution in [1.29, 1.82) is 0 Å². The molecule has 0 fully saturated rings. The average molecular weight is 268 g/mol. The van der Waals surface area contributed by atoms with Crippen LogP contribution in [0.15, 0.2) is 24.3 Å². The van der Waals surface area contributed by atoms with E-state index in [1.807, 2.05) is 32.9 Å². The second kappa shape index (κ2) is 7.43. The Labute approximate surface area is 109 Å². The third kappa shape index (κ3) is 3.49. The van der Waals surface area contributed by atoms with Gasteiger partial charge in [0.1, 0.15) is 6.29 Å². The Balaban J connectivity index is 3.08. The van der Waals surface area contributed by atoms with Crippen LogP contribution in [0.3, 0.4) is 0 Å². The molecular formula is C13H20O4Si. The van der Waals surface area contributed by atoms with Crippen LogP contribution in [0.5, 0.6) is 0 Å². The predicted octanol–water partition coefficient (Wildman–Crippen LogP) is 1.75. The molecule has 0 saturated heterocycles. The molecule has 0 spiro atoms. The van der Waals surface area contributed by atoms with Crippen molar-refractivity contribution in [3.63, 3.8) is 0 Å². The van der Waals surface area contributed by atoms with Gasteiger partial charge in [0.25, 0.3) is 0 Å². The van der Waals surface area contributed by atoms with E-state index in [9.17, 15) is 4.79 Å². The minimum atomic E-state index is -2.82. The third-order valence-corrected chi connectivity index (χ3v) is 5.45. The van der Waals surface area contributed by atoms with Gasteiger partial charge in [-0.2, -0.15) is 0 Å². The van der Waals surface area contributed by atoms with Crippen LogP contribution < -0.4 is 5.19 Å². The molecule has 4 nitrogen and oxygen atoms in total. The lowest BCUT2D eigenvalue weighted by molar-refractivity contribution is 0.0858. The smallest absolute Gasteiger partial charge is 0.370 e. The molecule has 0 saturated carbocycles. The first-order valence-corrected chi connectivity index (χ1v) is 7.92. The zero-order chi connectivity index (χ0) is 13.4. The monoisotopic (exact) mass is 268 g/mol. The highest BCUT2D eigenvalue weighted by Gasteiger charge is 2.43. The van der Waals surface area contributed by atoms with Crippen molar-refractivity contribution in [2.24, 2.45) is 0 Å². The highest BCUT2D eigenvalue weighted by atomic mass is 28.4. The van der Waals surface area contributed by atoms with Gasteiger partial charge in [-0.05, 0) is 20.8 Å². The molecule has 0 aliphatic rings. The Kier molecular flexibility index (Phi) is 6.21. The van der Waals surface area contributed by atoms with E-state index in [2.05, 4.69) is 0 Å². The number of rotatable bonds is 8. The van der Waals surface area contributed by atoms with Crippen molar-refractivity contribution in [2.75, 3.05) is 19.8 Å².